The first-order chi connectivity index (χ1) is 5.29. The van der Waals surface area contributed by atoms with Gasteiger partial charge in [-0.2, -0.15) is 0 Å². The van der Waals surface area contributed by atoms with Crippen molar-refractivity contribution in [2.24, 2.45) is 0 Å². The summed E-state index contributed by atoms with van der Waals surface area (Å²) in [4.78, 5) is 17.3. The lowest BCUT2D eigenvalue weighted by atomic mass is 10.4. The fourth-order valence-electron chi connectivity index (χ4n) is 0.539. The number of rotatable bonds is 2. The molecule has 0 radical (unpaired) electrons. The molecular weight excluding hydrogens is 148 g/mol. The van der Waals surface area contributed by atoms with Crippen molar-refractivity contribution < 1.29 is 14.6 Å². The zero-order chi connectivity index (χ0) is 8.10. The Kier molecular flexibility index (Phi) is 2.37. The highest BCUT2D eigenvalue weighted by Gasteiger charge is 1.97. The molecule has 0 aliphatic rings. The number of hydrogen-bond donors (Lipinski definition) is 1. The summed E-state index contributed by atoms with van der Waals surface area (Å²) in [6.07, 6.45) is 1.55. The van der Waals surface area contributed by atoms with Gasteiger partial charge in [-0.05, 0) is 6.07 Å². The molecule has 0 saturated heterocycles. The van der Waals surface area contributed by atoms with Crippen LogP contribution in [0.5, 0.6) is 0 Å². The van der Waals surface area contributed by atoms with Gasteiger partial charge in [0.2, 0.25) is 0 Å². The van der Waals surface area contributed by atoms with E-state index in [0.717, 1.165) is 0 Å². The number of nitrogens with zero attached hydrogens (tertiary/aromatic N) is 2. The van der Waals surface area contributed by atoms with Crippen LogP contribution in [0.15, 0.2) is 18.6 Å². The molecule has 0 bridgehead atoms. The standard InChI is InChI=1S/C6H6N2O3/c9-6(10)11-3-5-1-2-7-4-8-5/h1-2,4H,3H2,(H,9,10). The van der Waals surface area contributed by atoms with Gasteiger partial charge in [0.1, 0.15) is 12.9 Å². The minimum atomic E-state index is -1.30. The summed E-state index contributed by atoms with van der Waals surface area (Å²) in [6, 6.07) is 1.59. The first-order valence-corrected chi connectivity index (χ1v) is 2.89. The fourth-order valence-corrected chi connectivity index (χ4v) is 0.539. The van der Waals surface area contributed by atoms with Gasteiger partial charge in [-0.15, -0.1) is 0 Å². The van der Waals surface area contributed by atoms with E-state index in [0.29, 0.717) is 5.69 Å². The maximum absolute atomic E-state index is 9.91. The zero-order valence-corrected chi connectivity index (χ0v) is 5.60. The number of ether oxygens (including phenoxy) is 1. The van der Waals surface area contributed by atoms with Crippen LogP contribution in [-0.2, 0) is 11.3 Å². The number of carboxylic acid groups (broad SMARTS) is 1. The first kappa shape index (κ1) is 7.46. The molecule has 0 aromatic carbocycles. The second kappa shape index (κ2) is 3.50. The van der Waals surface area contributed by atoms with E-state index in [1.807, 2.05) is 0 Å². The van der Waals surface area contributed by atoms with E-state index >= 15 is 0 Å². The summed E-state index contributed by atoms with van der Waals surface area (Å²) in [5.41, 5.74) is 0.544. The van der Waals surface area contributed by atoms with Gasteiger partial charge in [0.05, 0.1) is 5.69 Å². The summed E-state index contributed by atoms with van der Waals surface area (Å²) in [7, 11) is 0. The third kappa shape index (κ3) is 2.61. The monoisotopic (exact) mass is 154 g/mol. The molecule has 0 fully saturated rings. The SMILES string of the molecule is O=C(O)OCc1ccncn1. The van der Waals surface area contributed by atoms with Gasteiger partial charge in [-0.25, -0.2) is 14.8 Å². The molecule has 0 amide bonds. The Bertz CT molecular complexity index is 237. The normalized spacial score (nSPS) is 9.09. The largest absolute Gasteiger partial charge is 0.506 e. The van der Waals surface area contributed by atoms with Crippen molar-refractivity contribution in [3.63, 3.8) is 0 Å². The molecule has 1 aromatic heterocycles. The molecule has 5 nitrogen and oxygen atoms in total. The van der Waals surface area contributed by atoms with E-state index in [1.165, 1.54) is 12.5 Å². The summed E-state index contributed by atoms with van der Waals surface area (Å²) in [5, 5.41) is 8.11. The second-order valence-corrected chi connectivity index (χ2v) is 1.76. The summed E-state index contributed by atoms with van der Waals surface area (Å²) >= 11 is 0. The van der Waals surface area contributed by atoms with Gasteiger partial charge >= 0.3 is 6.16 Å². The molecule has 1 rings (SSSR count). The molecule has 1 aromatic rings. The minimum Gasteiger partial charge on any atom is -0.450 e. The highest BCUT2D eigenvalue weighted by atomic mass is 16.7. The Hall–Kier alpha value is -1.65. The van der Waals surface area contributed by atoms with Crippen molar-refractivity contribution in [3.05, 3.63) is 24.3 Å². The highest BCUT2D eigenvalue weighted by Crippen LogP contribution is 1.93. The Morgan fingerprint density at radius 2 is 2.55 bits per heavy atom. The predicted octanol–water partition coefficient (Wildman–Crippen LogP) is 0.671. The van der Waals surface area contributed by atoms with Crippen molar-refractivity contribution in [1.29, 1.82) is 0 Å². The summed E-state index contributed by atoms with van der Waals surface area (Å²) in [6.45, 7) is -0.0299. The van der Waals surface area contributed by atoms with Gasteiger partial charge in [0, 0.05) is 6.20 Å². The van der Waals surface area contributed by atoms with Crippen LogP contribution in [0.25, 0.3) is 0 Å². The minimum absolute atomic E-state index is 0.0299. The fraction of sp³-hybridized carbons (Fsp3) is 0.167. The molecule has 0 spiro atoms. The van der Waals surface area contributed by atoms with Crippen LogP contribution in [-0.4, -0.2) is 21.2 Å². The second-order valence-electron chi connectivity index (χ2n) is 1.76. The van der Waals surface area contributed by atoms with Gasteiger partial charge in [0.15, 0.2) is 0 Å². The Morgan fingerprint density at radius 1 is 1.73 bits per heavy atom. The maximum atomic E-state index is 9.91. The van der Waals surface area contributed by atoms with E-state index in [4.69, 9.17) is 5.11 Å². The van der Waals surface area contributed by atoms with E-state index in [-0.39, 0.29) is 6.61 Å². The van der Waals surface area contributed by atoms with E-state index < -0.39 is 6.16 Å². The molecule has 0 aliphatic carbocycles. The number of aromatic nitrogens is 2. The third-order valence-electron chi connectivity index (χ3n) is 0.987. The molecule has 1 N–H and O–H groups in total. The molecule has 0 saturated carbocycles. The third-order valence-corrected chi connectivity index (χ3v) is 0.987. The molecular formula is C6H6N2O3. The molecule has 0 aliphatic heterocycles. The van der Waals surface area contributed by atoms with E-state index in [1.54, 1.807) is 6.07 Å². The lowest BCUT2D eigenvalue weighted by Crippen LogP contribution is -2.01. The van der Waals surface area contributed by atoms with E-state index in [2.05, 4.69) is 14.7 Å². The Morgan fingerprint density at radius 3 is 3.09 bits per heavy atom. The van der Waals surface area contributed by atoms with Crippen LogP contribution < -0.4 is 0 Å². The lowest BCUT2D eigenvalue weighted by molar-refractivity contribution is 0.0842. The summed E-state index contributed by atoms with van der Waals surface area (Å²) in [5.74, 6) is 0. The highest BCUT2D eigenvalue weighted by molar-refractivity contribution is 5.56. The van der Waals surface area contributed by atoms with Crippen LogP contribution in [0.1, 0.15) is 5.69 Å². The smallest absolute Gasteiger partial charge is 0.450 e. The van der Waals surface area contributed by atoms with Crippen LogP contribution in [0.4, 0.5) is 4.79 Å². The Labute approximate surface area is 62.7 Å². The molecule has 58 valence electrons. The molecule has 5 heteroatoms. The average Bonchev–Trinajstić information content (AvgIpc) is 2.03. The molecule has 11 heavy (non-hydrogen) atoms. The van der Waals surface area contributed by atoms with Gasteiger partial charge in [0.25, 0.3) is 0 Å². The van der Waals surface area contributed by atoms with Crippen molar-refractivity contribution in [3.8, 4) is 0 Å². The maximum Gasteiger partial charge on any atom is 0.506 e. The van der Waals surface area contributed by atoms with Crippen molar-refractivity contribution in [2.45, 2.75) is 6.61 Å². The zero-order valence-electron chi connectivity index (χ0n) is 5.60. The quantitative estimate of drug-likeness (QED) is 0.634. The van der Waals surface area contributed by atoms with Crippen LogP contribution >= 0.6 is 0 Å². The predicted molar refractivity (Wildman–Crippen MR) is 34.8 cm³/mol. The molecule has 0 unspecified atom stereocenters. The molecule has 1 heterocycles. The van der Waals surface area contributed by atoms with Crippen LogP contribution in [0, 0.1) is 0 Å². The van der Waals surface area contributed by atoms with Gasteiger partial charge in [-0.3, -0.25) is 0 Å². The van der Waals surface area contributed by atoms with Crippen LogP contribution in [0.2, 0.25) is 0 Å². The van der Waals surface area contributed by atoms with Crippen LogP contribution in [0.3, 0.4) is 0 Å². The number of carbonyl (C=O) groups is 1. The van der Waals surface area contributed by atoms with Crippen molar-refractivity contribution >= 4 is 6.16 Å². The van der Waals surface area contributed by atoms with E-state index in [9.17, 15) is 4.79 Å². The first-order valence-electron chi connectivity index (χ1n) is 2.89. The lowest BCUT2D eigenvalue weighted by Gasteiger charge is -1.97. The van der Waals surface area contributed by atoms with Crippen molar-refractivity contribution in [2.75, 3.05) is 0 Å². The average molecular weight is 154 g/mol. The van der Waals surface area contributed by atoms with Gasteiger partial charge in [-0.1, -0.05) is 0 Å². The molecule has 0 atom stereocenters. The topological polar surface area (TPSA) is 72.3 Å². The summed E-state index contributed by atoms with van der Waals surface area (Å²) < 4.78 is 4.25. The van der Waals surface area contributed by atoms with Gasteiger partial charge < -0.3 is 9.84 Å². The number of hydrogen-bond acceptors (Lipinski definition) is 4. The Balaban J connectivity index is 2.45. The van der Waals surface area contributed by atoms with Crippen molar-refractivity contribution in [1.82, 2.24) is 9.97 Å².